The first-order valence-electron chi connectivity index (χ1n) is 29.6. The molecule has 6 heteroatoms. The number of hydrogen-bond donors (Lipinski definition) is 0. The highest BCUT2D eigenvalue weighted by Gasteiger charge is 2.19. The van der Waals surface area contributed by atoms with E-state index < -0.39 is 6.10 Å². The van der Waals surface area contributed by atoms with E-state index in [2.05, 4.69) is 179 Å². The standard InChI is InChI=1S/C69H106O6/c1-4-7-10-13-16-19-22-25-28-31-34-37-40-43-46-49-52-55-58-61-67(70)73-64-66(75-69(72)63-60-57-54-51-48-45-42-39-36-33-30-27-24-21-18-15-12-9-6-3)65-74-68(71)62-59-56-53-50-47-44-41-38-35-32-29-26-23-20-17-14-11-8-5-2/h7-12,16-21,25-30,34,36-37,39,43,45-46,48,52,55,66H,4-6,13-15,22-24,31-33,35,38,40-42,44,47,49-51,53-54,56-65H2,1-3H3/b10-7-,11-8-,12-9-,19-16-,20-17-,21-18-,28-25-,29-26-,30-27-,37-34-,39-36-,46-43-,48-45-,55-52-. The lowest BCUT2D eigenvalue weighted by atomic mass is 10.1. The molecule has 1 atom stereocenters. The minimum Gasteiger partial charge on any atom is -0.462 e. The van der Waals surface area contributed by atoms with Crippen LogP contribution in [0, 0.1) is 0 Å². The van der Waals surface area contributed by atoms with Gasteiger partial charge in [0, 0.05) is 19.3 Å². The summed E-state index contributed by atoms with van der Waals surface area (Å²) in [6, 6.07) is 0. The maximum absolute atomic E-state index is 12.9. The average molecular weight is 1030 g/mol. The topological polar surface area (TPSA) is 78.9 Å². The largest absolute Gasteiger partial charge is 0.462 e. The third-order valence-corrected chi connectivity index (χ3v) is 11.7. The van der Waals surface area contributed by atoms with Gasteiger partial charge in [-0.05, 0) is 135 Å². The summed E-state index contributed by atoms with van der Waals surface area (Å²) in [4.78, 5) is 38.2. The summed E-state index contributed by atoms with van der Waals surface area (Å²) in [5.74, 6) is -1.06. The number of carbonyl (C=O) groups excluding carboxylic acids is 3. The van der Waals surface area contributed by atoms with E-state index in [4.69, 9.17) is 14.2 Å². The number of hydrogen-bond acceptors (Lipinski definition) is 6. The molecule has 0 aromatic rings. The number of allylic oxidation sites excluding steroid dienone is 28. The molecule has 0 saturated heterocycles. The SMILES string of the molecule is CC/C=C\C/C=C\C/C=C\C/C=C\C/C=C\C/C=C\CCC(=O)OCC(COC(=O)CCCCCCCCCCC/C=C\C/C=C\C/C=C\CC)OC(=O)CCCCC/C=C\C/C=C\C/C=C\C/C=C\C/C=C\CC. The molecule has 6 nitrogen and oxygen atoms in total. The Kier molecular flexibility index (Phi) is 57.0. The Morgan fingerprint density at radius 1 is 0.267 bits per heavy atom. The zero-order valence-electron chi connectivity index (χ0n) is 47.7. The van der Waals surface area contributed by atoms with Crippen LogP contribution < -0.4 is 0 Å². The minimum atomic E-state index is -0.839. The molecule has 0 radical (unpaired) electrons. The highest BCUT2D eigenvalue weighted by atomic mass is 16.6. The number of unbranched alkanes of at least 4 members (excludes halogenated alkanes) is 12. The molecule has 0 aromatic heterocycles. The predicted molar refractivity (Wildman–Crippen MR) is 325 cm³/mol. The molecule has 1 unspecified atom stereocenters. The second kappa shape index (κ2) is 61.3. The van der Waals surface area contributed by atoms with Crippen molar-refractivity contribution in [1.29, 1.82) is 0 Å². The Balaban J connectivity index is 4.60. The van der Waals surface area contributed by atoms with Crippen LogP contribution in [-0.4, -0.2) is 37.2 Å². The molecule has 0 heterocycles. The average Bonchev–Trinajstić information content (AvgIpc) is 3.41. The summed E-state index contributed by atoms with van der Waals surface area (Å²) in [7, 11) is 0. The van der Waals surface area contributed by atoms with Gasteiger partial charge in [-0.25, -0.2) is 0 Å². The Bertz CT molecular complexity index is 1750. The van der Waals surface area contributed by atoms with Gasteiger partial charge in [-0.15, -0.1) is 0 Å². The fourth-order valence-electron chi connectivity index (χ4n) is 7.39. The van der Waals surface area contributed by atoms with E-state index >= 15 is 0 Å². The van der Waals surface area contributed by atoms with Crippen LogP contribution in [0.15, 0.2) is 170 Å². The molecule has 0 fully saturated rings. The third kappa shape index (κ3) is 59.5. The summed E-state index contributed by atoms with van der Waals surface area (Å²) in [6.45, 7) is 6.19. The van der Waals surface area contributed by atoms with Gasteiger partial charge in [-0.3, -0.25) is 14.4 Å². The van der Waals surface area contributed by atoms with E-state index in [0.717, 1.165) is 135 Å². The first-order valence-corrected chi connectivity index (χ1v) is 29.6. The van der Waals surface area contributed by atoms with Gasteiger partial charge in [0.2, 0.25) is 0 Å². The second-order valence-corrected chi connectivity index (χ2v) is 18.8. The molecule has 0 N–H and O–H groups in total. The van der Waals surface area contributed by atoms with Crippen LogP contribution in [-0.2, 0) is 28.6 Å². The monoisotopic (exact) mass is 1030 g/mol. The number of carbonyl (C=O) groups is 3. The van der Waals surface area contributed by atoms with E-state index in [1.54, 1.807) is 0 Å². The first kappa shape index (κ1) is 69.8. The van der Waals surface area contributed by atoms with Gasteiger partial charge in [0.05, 0.1) is 0 Å². The van der Waals surface area contributed by atoms with E-state index in [9.17, 15) is 14.4 Å². The van der Waals surface area contributed by atoms with Crippen LogP contribution in [0.25, 0.3) is 0 Å². The Hall–Kier alpha value is -5.23. The molecular weight excluding hydrogens is 925 g/mol. The summed E-state index contributed by atoms with van der Waals surface area (Å²) < 4.78 is 16.8. The Labute approximate surface area is 460 Å². The van der Waals surface area contributed by atoms with Crippen molar-refractivity contribution in [2.24, 2.45) is 0 Å². The Morgan fingerprint density at radius 3 is 0.840 bits per heavy atom. The van der Waals surface area contributed by atoms with Gasteiger partial charge in [0.25, 0.3) is 0 Å². The highest BCUT2D eigenvalue weighted by Crippen LogP contribution is 2.13. The third-order valence-electron chi connectivity index (χ3n) is 11.7. The zero-order valence-corrected chi connectivity index (χ0v) is 47.7. The van der Waals surface area contributed by atoms with Crippen LogP contribution in [0.2, 0.25) is 0 Å². The van der Waals surface area contributed by atoms with E-state index in [1.165, 1.54) is 38.5 Å². The van der Waals surface area contributed by atoms with E-state index in [0.29, 0.717) is 19.3 Å². The van der Waals surface area contributed by atoms with Crippen molar-refractivity contribution in [2.75, 3.05) is 13.2 Å². The van der Waals surface area contributed by atoms with Gasteiger partial charge < -0.3 is 14.2 Å². The summed E-state index contributed by atoms with van der Waals surface area (Å²) in [5.41, 5.74) is 0. The summed E-state index contributed by atoms with van der Waals surface area (Å²) >= 11 is 0. The van der Waals surface area contributed by atoms with Crippen LogP contribution in [0.4, 0.5) is 0 Å². The molecule has 418 valence electrons. The smallest absolute Gasteiger partial charge is 0.306 e. The Morgan fingerprint density at radius 2 is 0.507 bits per heavy atom. The quantitative estimate of drug-likeness (QED) is 0.0261. The minimum absolute atomic E-state index is 0.126. The van der Waals surface area contributed by atoms with Crippen molar-refractivity contribution in [3.8, 4) is 0 Å². The second-order valence-electron chi connectivity index (χ2n) is 18.8. The molecular formula is C69H106O6. The highest BCUT2D eigenvalue weighted by molar-refractivity contribution is 5.71. The van der Waals surface area contributed by atoms with Crippen LogP contribution in [0.5, 0.6) is 0 Å². The molecule has 75 heavy (non-hydrogen) atoms. The van der Waals surface area contributed by atoms with Crippen LogP contribution >= 0.6 is 0 Å². The van der Waals surface area contributed by atoms with Crippen molar-refractivity contribution < 1.29 is 28.6 Å². The maximum Gasteiger partial charge on any atom is 0.306 e. The number of rotatable bonds is 51. The molecule has 0 aliphatic rings. The lowest BCUT2D eigenvalue weighted by molar-refractivity contribution is -0.166. The van der Waals surface area contributed by atoms with Crippen molar-refractivity contribution in [1.82, 2.24) is 0 Å². The molecule has 0 aliphatic carbocycles. The maximum atomic E-state index is 12.9. The molecule has 0 saturated carbocycles. The lowest BCUT2D eigenvalue weighted by Crippen LogP contribution is -2.30. The summed E-state index contributed by atoms with van der Waals surface area (Å²) in [5, 5.41) is 0. The number of ether oxygens (including phenoxy) is 3. The number of esters is 3. The van der Waals surface area contributed by atoms with Crippen molar-refractivity contribution >= 4 is 17.9 Å². The fraction of sp³-hybridized carbons (Fsp3) is 0.551. The molecule has 0 aromatic carbocycles. The van der Waals surface area contributed by atoms with Gasteiger partial charge >= 0.3 is 17.9 Å². The van der Waals surface area contributed by atoms with Gasteiger partial charge in [-0.2, -0.15) is 0 Å². The van der Waals surface area contributed by atoms with Gasteiger partial charge in [0.1, 0.15) is 13.2 Å². The normalized spacial score (nSPS) is 13.4. The van der Waals surface area contributed by atoms with Crippen molar-refractivity contribution in [3.05, 3.63) is 170 Å². The zero-order chi connectivity index (χ0) is 54.3. The molecule has 0 bridgehead atoms. The van der Waals surface area contributed by atoms with E-state index in [1.807, 2.05) is 12.2 Å². The first-order chi connectivity index (χ1) is 37.0. The van der Waals surface area contributed by atoms with Crippen molar-refractivity contribution in [3.63, 3.8) is 0 Å². The molecule has 0 rings (SSSR count). The van der Waals surface area contributed by atoms with Crippen LogP contribution in [0.1, 0.15) is 226 Å². The lowest BCUT2D eigenvalue weighted by Gasteiger charge is -2.18. The molecule has 0 spiro atoms. The molecule has 0 aliphatic heterocycles. The molecule has 0 amide bonds. The van der Waals surface area contributed by atoms with Crippen LogP contribution in [0.3, 0.4) is 0 Å². The van der Waals surface area contributed by atoms with E-state index in [-0.39, 0.29) is 44.0 Å². The van der Waals surface area contributed by atoms with Crippen molar-refractivity contribution in [2.45, 2.75) is 232 Å². The fourth-order valence-corrected chi connectivity index (χ4v) is 7.39. The predicted octanol–water partition coefficient (Wildman–Crippen LogP) is 20.3. The summed E-state index contributed by atoms with van der Waals surface area (Å²) in [6.07, 6.45) is 90.7. The van der Waals surface area contributed by atoms with Gasteiger partial charge in [0.15, 0.2) is 6.10 Å². The van der Waals surface area contributed by atoms with Gasteiger partial charge in [-0.1, -0.05) is 242 Å².